The smallest absolute Gasteiger partial charge is 0.265 e. The number of para-hydroxylation sites is 1. The standard InChI is InChI=1S/C15H13FN2O3S/c16-11-5-3-6-12(9-11)22(20,21)18-13-7-2-1-4-10(13)8-14(18)15(17)19/h1-7,9,14H,8H2,(H2,17,19)/t14-/m1/s1. The number of fused-ring (bicyclic) bond motifs is 1. The molecule has 2 aromatic rings. The molecule has 0 fully saturated rings. The summed E-state index contributed by atoms with van der Waals surface area (Å²) in [5.74, 6) is -1.40. The molecule has 0 aliphatic carbocycles. The van der Waals surface area contributed by atoms with Crippen molar-refractivity contribution in [2.24, 2.45) is 5.73 Å². The van der Waals surface area contributed by atoms with Crippen LogP contribution in [0, 0.1) is 5.82 Å². The van der Waals surface area contributed by atoms with Gasteiger partial charge in [-0.2, -0.15) is 0 Å². The number of sulfonamides is 1. The number of halogens is 1. The van der Waals surface area contributed by atoms with Crippen molar-refractivity contribution in [1.82, 2.24) is 0 Å². The number of rotatable bonds is 3. The first-order valence-electron chi connectivity index (χ1n) is 6.58. The Morgan fingerprint density at radius 1 is 1.18 bits per heavy atom. The minimum atomic E-state index is -4.08. The highest BCUT2D eigenvalue weighted by Crippen LogP contribution is 2.36. The van der Waals surface area contributed by atoms with Crippen LogP contribution in [-0.4, -0.2) is 20.4 Å². The number of anilines is 1. The van der Waals surface area contributed by atoms with Crippen molar-refractivity contribution in [3.63, 3.8) is 0 Å². The molecule has 3 rings (SSSR count). The third kappa shape index (κ3) is 2.23. The van der Waals surface area contributed by atoms with Gasteiger partial charge in [0.2, 0.25) is 5.91 Å². The number of hydrogen-bond donors (Lipinski definition) is 1. The Hall–Kier alpha value is -2.41. The number of benzene rings is 2. The fourth-order valence-electron chi connectivity index (χ4n) is 2.61. The van der Waals surface area contributed by atoms with Gasteiger partial charge in [-0.05, 0) is 29.8 Å². The minimum Gasteiger partial charge on any atom is -0.368 e. The highest BCUT2D eigenvalue weighted by atomic mass is 32.2. The van der Waals surface area contributed by atoms with Crippen molar-refractivity contribution in [3.8, 4) is 0 Å². The quantitative estimate of drug-likeness (QED) is 0.929. The van der Waals surface area contributed by atoms with Gasteiger partial charge in [-0.3, -0.25) is 9.10 Å². The number of nitrogens with zero attached hydrogens (tertiary/aromatic N) is 1. The van der Waals surface area contributed by atoms with E-state index < -0.39 is 27.8 Å². The molecule has 1 aliphatic heterocycles. The van der Waals surface area contributed by atoms with Gasteiger partial charge in [0, 0.05) is 6.42 Å². The van der Waals surface area contributed by atoms with Crippen LogP contribution in [0.15, 0.2) is 53.4 Å². The Kier molecular flexibility index (Phi) is 3.37. The summed E-state index contributed by atoms with van der Waals surface area (Å²) in [6.45, 7) is 0. The first-order chi connectivity index (χ1) is 10.4. The van der Waals surface area contributed by atoms with Gasteiger partial charge in [-0.1, -0.05) is 24.3 Å². The van der Waals surface area contributed by atoms with E-state index in [2.05, 4.69) is 0 Å². The molecule has 5 nitrogen and oxygen atoms in total. The van der Waals surface area contributed by atoms with Gasteiger partial charge in [0.05, 0.1) is 10.6 Å². The van der Waals surface area contributed by atoms with E-state index in [0.29, 0.717) is 11.3 Å². The van der Waals surface area contributed by atoms with Crippen LogP contribution in [0.2, 0.25) is 0 Å². The molecule has 0 spiro atoms. The highest BCUT2D eigenvalue weighted by Gasteiger charge is 2.41. The number of primary amides is 1. The predicted octanol–water partition coefficient (Wildman–Crippen LogP) is 1.43. The van der Waals surface area contributed by atoms with Crippen LogP contribution < -0.4 is 10.0 Å². The monoisotopic (exact) mass is 320 g/mol. The van der Waals surface area contributed by atoms with E-state index in [-0.39, 0.29) is 11.3 Å². The first-order valence-corrected chi connectivity index (χ1v) is 8.02. The third-order valence-electron chi connectivity index (χ3n) is 3.61. The van der Waals surface area contributed by atoms with Crippen LogP contribution in [0.1, 0.15) is 5.56 Å². The van der Waals surface area contributed by atoms with Crippen molar-refractivity contribution in [1.29, 1.82) is 0 Å². The van der Waals surface area contributed by atoms with Gasteiger partial charge >= 0.3 is 0 Å². The third-order valence-corrected chi connectivity index (χ3v) is 5.43. The van der Waals surface area contributed by atoms with Gasteiger partial charge in [-0.25, -0.2) is 12.8 Å². The summed E-state index contributed by atoms with van der Waals surface area (Å²) in [6, 6.07) is 10.5. The van der Waals surface area contributed by atoms with Gasteiger partial charge in [0.25, 0.3) is 10.0 Å². The summed E-state index contributed by atoms with van der Waals surface area (Å²) in [7, 11) is -4.08. The number of hydrogen-bond acceptors (Lipinski definition) is 3. The SMILES string of the molecule is NC(=O)[C@H]1Cc2ccccc2N1S(=O)(=O)c1cccc(F)c1. The normalized spacial score (nSPS) is 17.3. The van der Waals surface area contributed by atoms with Crippen LogP contribution in [-0.2, 0) is 21.2 Å². The molecule has 1 amide bonds. The zero-order valence-electron chi connectivity index (χ0n) is 11.4. The Morgan fingerprint density at radius 2 is 1.91 bits per heavy atom. The van der Waals surface area contributed by atoms with Crippen LogP contribution in [0.25, 0.3) is 0 Å². The maximum atomic E-state index is 13.4. The minimum absolute atomic E-state index is 0.208. The molecule has 7 heteroatoms. The Labute approximate surface area is 127 Å². The molecule has 1 atom stereocenters. The molecule has 114 valence electrons. The van der Waals surface area contributed by atoms with E-state index in [1.165, 1.54) is 12.1 Å². The van der Waals surface area contributed by atoms with Gasteiger partial charge in [0.1, 0.15) is 11.9 Å². The summed E-state index contributed by atoms with van der Waals surface area (Å²) in [4.78, 5) is 11.5. The lowest BCUT2D eigenvalue weighted by Gasteiger charge is -2.24. The molecule has 1 aliphatic rings. The molecule has 0 saturated carbocycles. The Morgan fingerprint density at radius 3 is 2.59 bits per heavy atom. The summed E-state index contributed by atoms with van der Waals surface area (Å²) in [5.41, 5.74) is 6.47. The lowest BCUT2D eigenvalue weighted by molar-refractivity contribution is -0.118. The highest BCUT2D eigenvalue weighted by molar-refractivity contribution is 7.93. The molecule has 22 heavy (non-hydrogen) atoms. The second-order valence-corrected chi connectivity index (χ2v) is 6.82. The van der Waals surface area contributed by atoms with Gasteiger partial charge in [-0.15, -0.1) is 0 Å². The number of nitrogens with two attached hydrogens (primary N) is 1. The van der Waals surface area contributed by atoms with E-state index >= 15 is 0 Å². The zero-order chi connectivity index (χ0) is 15.9. The number of carbonyl (C=O) groups excluding carboxylic acids is 1. The molecule has 0 radical (unpaired) electrons. The van der Waals surface area contributed by atoms with E-state index in [4.69, 9.17) is 5.73 Å². The molecule has 2 aromatic carbocycles. The largest absolute Gasteiger partial charge is 0.368 e. The average Bonchev–Trinajstić information content (AvgIpc) is 2.87. The molecule has 0 saturated heterocycles. The van der Waals surface area contributed by atoms with Crippen LogP contribution in [0.3, 0.4) is 0 Å². The molecule has 0 aromatic heterocycles. The van der Waals surface area contributed by atoms with Crippen LogP contribution in [0.5, 0.6) is 0 Å². The maximum Gasteiger partial charge on any atom is 0.265 e. The van der Waals surface area contributed by atoms with Gasteiger partial charge in [0.15, 0.2) is 0 Å². The van der Waals surface area contributed by atoms with Crippen LogP contribution >= 0.6 is 0 Å². The summed E-state index contributed by atoms with van der Waals surface area (Å²) < 4.78 is 40.0. The fraction of sp³-hybridized carbons (Fsp3) is 0.133. The van der Waals surface area contributed by atoms with Crippen molar-refractivity contribution in [2.75, 3.05) is 4.31 Å². The summed E-state index contributed by atoms with van der Waals surface area (Å²) >= 11 is 0. The van der Waals surface area contributed by atoms with E-state index in [1.54, 1.807) is 24.3 Å². The molecule has 0 bridgehead atoms. The van der Waals surface area contributed by atoms with Crippen molar-refractivity contribution in [3.05, 3.63) is 59.9 Å². The Bertz CT molecular complexity index is 851. The number of carbonyl (C=O) groups is 1. The molecule has 0 unspecified atom stereocenters. The van der Waals surface area contributed by atoms with Crippen LogP contribution in [0.4, 0.5) is 10.1 Å². The lowest BCUT2D eigenvalue weighted by Crippen LogP contribution is -2.45. The first kappa shape index (κ1) is 14.5. The topological polar surface area (TPSA) is 80.5 Å². The molecular formula is C15H13FN2O3S. The lowest BCUT2D eigenvalue weighted by atomic mass is 10.1. The molecule has 2 N–H and O–H groups in total. The second-order valence-electron chi connectivity index (χ2n) is 5.01. The molecule has 1 heterocycles. The second kappa shape index (κ2) is 5.10. The fourth-order valence-corrected chi connectivity index (χ4v) is 4.30. The zero-order valence-corrected chi connectivity index (χ0v) is 12.3. The van der Waals surface area contributed by atoms with E-state index in [1.807, 2.05) is 0 Å². The van der Waals surface area contributed by atoms with E-state index in [0.717, 1.165) is 16.4 Å². The van der Waals surface area contributed by atoms with E-state index in [9.17, 15) is 17.6 Å². The van der Waals surface area contributed by atoms with Crippen molar-refractivity contribution in [2.45, 2.75) is 17.4 Å². The number of amides is 1. The summed E-state index contributed by atoms with van der Waals surface area (Å²) in [6.07, 6.45) is 0.208. The van der Waals surface area contributed by atoms with Crippen molar-refractivity contribution >= 4 is 21.6 Å². The summed E-state index contributed by atoms with van der Waals surface area (Å²) in [5, 5.41) is 0. The predicted molar refractivity (Wildman–Crippen MR) is 79.2 cm³/mol. The van der Waals surface area contributed by atoms with Gasteiger partial charge < -0.3 is 5.73 Å². The molecular weight excluding hydrogens is 307 g/mol. The Balaban J connectivity index is 2.17. The van der Waals surface area contributed by atoms with Crippen molar-refractivity contribution < 1.29 is 17.6 Å². The maximum absolute atomic E-state index is 13.4. The average molecular weight is 320 g/mol.